The fourth-order valence-corrected chi connectivity index (χ4v) is 3.45. The standard InChI is InChI=1S/C17H23F3N2O4/c18-17(19,20)11-1-2-14(21-8-11)26-9-10-7-13(16(24)15(10)23)22-12-3-5-25-6-4-12/h1-2,8,10,12-13,15-16,22-24H,3-7,9H2/t10-,13-,15-,16+/m1/s1. The number of hydrogen-bond acceptors (Lipinski definition) is 6. The summed E-state index contributed by atoms with van der Waals surface area (Å²) < 4.78 is 48.3. The summed E-state index contributed by atoms with van der Waals surface area (Å²) in [6.07, 6.45) is -3.37. The highest BCUT2D eigenvalue weighted by atomic mass is 19.4. The van der Waals surface area contributed by atoms with Crippen molar-refractivity contribution in [2.45, 2.75) is 49.7 Å². The molecule has 0 bridgehead atoms. The van der Waals surface area contributed by atoms with Gasteiger partial charge in [-0.15, -0.1) is 0 Å². The van der Waals surface area contributed by atoms with E-state index in [9.17, 15) is 23.4 Å². The maximum atomic E-state index is 12.5. The van der Waals surface area contributed by atoms with Crippen molar-refractivity contribution in [2.75, 3.05) is 19.8 Å². The molecule has 0 amide bonds. The normalized spacial score (nSPS) is 30.5. The van der Waals surface area contributed by atoms with Crippen LogP contribution in [-0.2, 0) is 10.9 Å². The molecule has 3 N–H and O–H groups in total. The molecular formula is C17H23F3N2O4. The second-order valence-electron chi connectivity index (χ2n) is 6.83. The van der Waals surface area contributed by atoms with E-state index < -0.39 is 23.9 Å². The molecule has 146 valence electrons. The van der Waals surface area contributed by atoms with E-state index in [4.69, 9.17) is 9.47 Å². The Labute approximate surface area is 149 Å². The summed E-state index contributed by atoms with van der Waals surface area (Å²) in [5.74, 6) is -0.271. The molecule has 1 aromatic rings. The van der Waals surface area contributed by atoms with Crippen molar-refractivity contribution < 1.29 is 32.9 Å². The molecule has 1 aliphatic carbocycles. The van der Waals surface area contributed by atoms with Gasteiger partial charge >= 0.3 is 6.18 Å². The van der Waals surface area contributed by atoms with E-state index in [0.717, 1.165) is 25.0 Å². The van der Waals surface area contributed by atoms with E-state index in [1.54, 1.807) is 0 Å². The van der Waals surface area contributed by atoms with Crippen LogP contribution in [0.1, 0.15) is 24.8 Å². The molecule has 9 heteroatoms. The van der Waals surface area contributed by atoms with E-state index in [-0.39, 0.29) is 30.5 Å². The van der Waals surface area contributed by atoms with Crippen LogP contribution < -0.4 is 10.1 Å². The Morgan fingerprint density at radius 2 is 1.92 bits per heavy atom. The number of ether oxygens (including phenoxy) is 2. The highest BCUT2D eigenvalue weighted by Gasteiger charge is 2.42. The van der Waals surface area contributed by atoms with Crippen molar-refractivity contribution >= 4 is 0 Å². The predicted molar refractivity (Wildman–Crippen MR) is 85.6 cm³/mol. The van der Waals surface area contributed by atoms with Crippen LogP contribution in [-0.4, -0.2) is 59.3 Å². The number of aromatic nitrogens is 1. The highest BCUT2D eigenvalue weighted by molar-refractivity contribution is 5.20. The van der Waals surface area contributed by atoms with E-state index in [1.165, 1.54) is 0 Å². The zero-order valence-electron chi connectivity index (χ0n) is 14.2. The molecule has 3 rings (SSSR count). The van der Waals surface area contributed by atoms with E-state index in [2.05, 4.69) is 10.3 Å². The van der Waals surface area contributed by atoms with Crippen molar-refractivity contribution in [3.63, 3.8) is 0 Å². The van der Waals surface area contributed by atoms with Gasteiger partial charge in [-0.3, -0.25) is 0 Å². The first-order valence-corrected chi connectivity index (χ1v) is 8.70. The summed E-state index contributed by atoms with van der Waals surface area (Å²) in [4.78, 5) is 3.65. The fraction of sp³-hybridized carbons (Fsp3) is 0.706. The van der Waals surface area contributed by atoms with Gasteiger partial charge in [0, 0.05) is 43.5 Å². The summed E-state index contributed by atoms with van der Waals surface area (Å²) in [7, 11) is 0. The molecule has 6 nitrogen and oxygen atoms in total. The summed E-state index contributed by atoms with van der Waals surface area (Å²) in [6.45, 7) is 1.42. The summed E-state index contributed by atoms with van der Waals surface area (Å²) in [5, 5.41) is 23.8. The number of aliphatic hydroxyl groups is 2. The van der Waals surface area contributed by atoms with Gasteiger partial charge in [0.15, 0.2) is 0 Å². The number of rotatable bonds is 5. The smallest absolute Gasteiger partial charge is 0.417 e. The molecule has 4 atom stereocenters. The van der Waals surface area contributed by atoms with E-state index >= 15 is 0 Å². The Morgan fingerprint density at radius 3 is 2.54 bits per heavy atom. The molecule has 26 heavy (non-hydrogen) atoms. The van der Waals surface area contributed by atoms with Gasteiger partial charge in [0.05, 0.1) is 24.4 Å². The number of nitrogens with zero attached hydrogens (tertiary/aromatic N) is 1. The van der Waals surface area contributed by atoms with Crippen molar-refractivity contribution in [3.05, 3.63) is 23.9 Å². The van der Waals surface area contributed by atoms with Crippen LogP contribution in [0.5, 0.6) is 5.88 Å². The number of hydrogen-bond donors (Lipinski definition) is 3. The van der Waals surface area contributed by atoms with E-state index in [0.29, 0.717) is 25.8 Å². The zero-order chi connectivity index (χ0) is 18.7. The molecule has 2 heterocycles. The van der Waals surface area contributed by atoms with Gasteiger partial charge in [-0.05, 0) is 25.3 Å². The van der Waals surface area contributed by atoms with Gasteiger partial charge in [-0.2, -0.15) is 13.2 Å². The molecule has 1 aromatic heterocycles. The largest absolute Gasteiger partial charge is 0.477 e. The van der Waals surface area contributed by atoms with Crippen LogP contribution in [0.2, 0.25) is 0 Å². The third-order valence-corrected chi connectivity index (χ3v) is 4.98. The van der Waals surface area contributed by atoms with Crippen LogP contribution in [0.3, 0.4) is 0 Å². The SMILES string of the molecule is O[C@@H]1[C@@H](COc2ccc(C(F)(F)F)cn2)C[C@@H](NC2CCOCC2)[C@@H]1O. The van der Waals surface area contributed by atoms with Gasteiger partial charge in [-0.1, -0.05) is 0 Å². The maximum Gasteiger partial charge on any atom is 0.417 e. The molecule has 1 saturated carbocycles. The van der Waals surface area contributed by atoms with Crippen LogP contribution in [0.15, 0.2) is 18.3 Å². The summed E-state index contributed by atoms with van der Waals surface area (Å²) in [5.41, 5.74) is -0.845. The minimum absolute atomic E-state index is 0.0560. The molecule has 1 aliphatic heterocycles. The number of alkyl halides is 3. The van der Waals surface area contributed by atoms with Crippen LogP contribution >= 0.6 is 0 Å². The second kappa shape index (κ2) is 8.08. The summed E-state index contributed by atoms with van der Waals surface area (Å²) >= 11 is 0. The first-order chi connectivity index (χ1) is 12.3. The van der Waals surface area contributed by atoms with Crippen molar-refractivity contribution in [1.82, 2.24) is 10.3 Å². The molecule has 0 unspecified atom stereocenters. The maximum absolute atomic E-state index is 12.5. The van der Waals surface area contributed by atoms with Gasteiger partial charge in [-0.25, -0.2) is 4.98 Å². The number of aliphatic hydroxyl groups excluding tert-OH is 2. The lowest BCUT2D eigenvalue weighted by molar-refractivity contribution is -0.137. The molecular weight excluding hydrogens is 353 g/mol. The van der Waals surface area contributed by atoms with Gasteiger partial charge in [0.2, 0.25) is 5.88 Å². The van der Waals surface area contributed by atoms with Crippen LogP contribution in [0.4, 0.5) is 13.2 Å². The fourth-order valence-electron chi connectivity index (χ4n) is 3.45. The quantitative estimate of drug-likeness (QED) is 0.720. The lowest BCUT2D eigenvalue weighted by Crippen LogP contribution is -2.47. The van der Waals surface area contributed by atoms with Gasteiger partial charge in [0.1, 0.15) is 0 Å². The third-order valence-electron chi connectivity index (χ3n) is 4.98. The third kappa shape index (κ3) is 4.64. The second-order valence-corrected chi connectivity index (χ2v) is 6.83. The lowest BCUT2D eigenvalue weighted by atomic mass is 10.1. The molecule has 0 radical (unpaired) electrons. The Morgan fingerprint density at radius 1 is 1.19 bits per heavy atom. The first kappa shape index (κ1) is 19.3. The Hall–Kier alpha value is -1.42. The molecule has 0 aromatic carbocycles. The van der Waals surface area contributed by atoms with Crippen LogP contribution in [0, 0.1) is 5.92 Å². The molecule has 2 aliphatic rings. The summed E-state index contributed by atoms with van der Waals surface area (Å²) in [6, 6.07) is 2.05. The van der Waals surface area contributed by atoms with Crippen LogP contribution in [0.25, 0.3) is 0 Å². The van der Waals surface area contributed by atoms with Crippen molar-refractivity contribution in [1.29, 1.82) is 0 Å². The minimum atomic E-state index is -4.44. The zero-order valence-corrected chi connectivity index (χ0v) is 14.2. The number of halogens is 3. The predicted octanol–water partition coefficient (Wildman–Crippen LogP) is 1.36. The van der Waals surface area contributed by atoms with Crippen molar-refractivity contribution in [2.24, 2.45) is 5.92 Å². The Kier molecular flexibility index (Phi) is 6.01. The molecule has 1 saturated heterocycles. The minimum Gasteiger partial charge on any atom is -0.477 e. The lowest BCUT2D eigenvalue weighted by Gasteiger charge is -2.28. The monoisotopic (exact) mass is 376 g/mol. The average molecular weight is 376 g/mol. The van der Waals surface area contributed by atoms with Crippen molar-refractivity contribution in [3.8, 4) is 5.88 Å². The first-order valence-electron chi connectivity index (χ1n) is 8.70. The Bertz CT molecular complexity index is 578. The van der Waals surface area contributed by atoms with E-state index in [1.807, 2.05) is 0 Å². The molecule has 2 fully saturated rings. The highest BCUT2D eigenvalue weighted by Crippen LogP contribution is 2.31. The average Bonchev–Trinajstić information content (AvgIpc) is 2.88. The van der Waals surface area contributed by atoms with Gasteiger partial charge in [0.25, 0.3) is 0 Å². The topological polar surface area (TPSA) is 83.8 Å². The number of pyridine rings is 1. The number of nitrogens with one attached hydrogen (secondary N) is 1. The van der Waals surface area contributed by atoms with Gasteiger partial charge < -0.3 is 25.0 Å². The Balaban J connectivity index is 1.51. The molecule has 0 spiro atoms.